The van der Waals surface area contributed by atoms with Crippen molar-refractivity contribution in [2.24, 2.45) is 0 Å². The molecule has 0 fully saturated rings. The van der Waals surface area contributed by atoms with E-state index in [1.54, 1.807) is 45.0 Å². The summed E-state index contributed by atoms with van der Waals surface area (Å²) in [5.74, 6) is -0.283. The quantitative estimate of drug-likeness (QED) is 0.764. The first-order chi connectivity index (χ1) is 12.5. The number of nitrogens with one attached hydrogen (secondary N) is 1. The molecular weight excluding hydrogens is 359 g/mol. The number of amides is 1. The smallest absolute Gasteiger partial charge is 0.419 e. The van der Waals surface area contributed by atoms with E-state index in [2.05, 4.69) is 5.32 Å². The molecule has 0 saturated heterocycles. The van der Waals surface area contributed by atoms with Crippen LogP contribution in [0.15, 0.2) is 48.5 Å². The van der Waals surface area contributed by atoms with Gasteiger partial charge in [-0.2, -0.15) is 13.2 Å². The van der Waals surface area contributed by atoms with E-state index in [1.165, 1.54) is 12.1 Å². The summed E-state index contributed by atoms with van der Waals surface area (Å²) >= 11 is 0. The molecule has 0 saturated carbocycles. The number of alkyl halides is 3. The maximum atomic E-state index is 13.2. The van der Waals surface area contributed by atoms with Gasteiger partial charge in [-0.3, -0.25) is 0 Å². The molecule has 0 aliphatic rings. The summed E-state index contributed by atoms with van der Waals surface area (Å²) in [5.41, 5.74) is -0.298. The van der Waals surface area contributed by atoms with Gasteiger partial charge in [0.05, 0.1) is 5.56 Å². The van der Waals surface area contributed by atoms with Crippen LogP contribution in [-0.2, 0) is 24.1 Å². The predicted octanol–water partition coefficient (Wildman–Crippen LogP) is 5.31. The fraction of sp³-hybridized carbons (Fsp3) is 0.350. The third-order valence-electron chi connectivity index (χ3n) is 3.42. The lowest BCUT2D eigenvalue weighted by molar-refractivity contribution is -0.139. The molecule has 0 aliphatic heterocycles. The minimum Gasteiger partial charge on any atom is -0.488 e. The normalized spacial score (nSPS) is 11.8. The molecule has 0 bridgehead atoms. The van der Waals surface area contributed by atoms with Gasteiger partial charge in [0.2, 0.25) is 0 Å². The largest absolute Gasteiger partial charge is 0.488 e. The Hall–Kier alpha value is -2.70. The molecule has 0 heterocycles. The minimum absolute atomic E-state index is 0.00681. The van der Waals surface area contributed by atoms with Crippen molar-refractivity contribution in [1.82, 2.24) is 5.32 Å². The van der Waals surface area contributed by atoms with Crippen LogP contribution in [0.2, 0.25) is 0 Å². The van der Waals surface area contributed by atoms with E-state index in [1.807, 2.05) is 6.07 Å². The van der Waals surface area contributed by atoms with Crippen molar-refractivity contribution in [2.45, 2.75) is 45.7 Å². The standard InChI is InChI=1S/C20H22F3NO3/c1-19(2,3)27-18(25)24-12-15-9-10-16(20(21,22)23)17(11-15)26-13-14-7-5-4-6-8-14/h4-11H,12-13H2,1-3H3,(H,24,25). The van der Waals surface area contributed by atoms with E-state index < -0.39 is 23.4 Å². The number of alkyl carbamates (subject to hydrolysis) is 1. The van der Waals surface area contributed by atoms with Crippen LogP contribution < -0.4 is 10.1 Å². The van der Waals surface area contributed by atoms with Crippen molar-refractivity contribution in [2.75, 3.05) is 0 Å². The second-order valence-corrected chi connectivity index (χ2v) is 6.96. The third kappa shape index (κ3) is 6.84. The van der Waals surface area contributed by atoms with Crippen LogP contribution in [0.5, 0.6) is 5.75 Å². The lowest BCUT2D eigenvalue weighted by Gasteiger charge is -2.20. The number of hydrogen-bond acceptors (Lipinski definition) is 3. The summed E-state index contributed by atoms with van der Waals surface area (Å²) in [4.78, 5) is 11.7. The van der Waals surface area contributed by atoms with E-state index >= 15 is 0 Å². The number of hydrogen-bond donors (Lipinski definition) is 1. The van der Waals surface area contributed by atoms with Crippen molar-refractivity contribution in [1.29, 1.82) is 0 Å². The van der Waals surface area contributed by atoms with Gasteiger partial charge in [0.15, 0.2) is 0 Å². The van der Waals surface area contributed by atoms with Gasteiger partial charge in [-0.25, -0.2) is 4.79 Å². The third-order valence-corrected chi connectivity index (χ3v) is 3.42. The number of carbonyl (C=O) groups is 1. The molecular formula is C20H22F3NO3. The number of halogens is 3. The van der Waals surface area contributed by atoms with Gasteiger partial charge < -0.3 is 14.8 Å². The first-order valence-electron chi connectivity index (χ1n) is 8.38. The Bertz CT molecular complexity index is 768. The molecule has 0 atom stereocenters. The zero-order valence-electron chi connectivity index (χ0n) is 15.4. The summed E-state index contributed by atoms with van der Waals surface area (Å²) in [5, 5.41) is 2.52. The van der Waals surface area contributed by atoms with E-state index in [0.717, 1.165) is 11.6 Å². The van der Waals surface area contributed by atoms with Crippen LogP contribution >= 0.6 is 0 Å². The molecule has 0 aliphatic carbocycles. The maximum Gasteiger partial charge on any atom is 0.419 e. The number of rotatable bonds is 5. The summed E-state index contributed by atoms with van der Waals surface area (Å²) in [7, 11) is 0. The molecule has 27 heavy (non-hydrogen) atoms. The molecule has 146 valence electrons. The highest BCUT2D eigenvalue weighted by Crippen LogP contribution is 2.37. The SMILES string of the molecule is CC(C)(C)OC(=O)NCc1ccc(C(F)(F)F)c(OCc2ccccc2)c1. The Morgan fingerprint density at radius 3 is 2.26 bits per heavy atom. The number of carbonyl (C=O) groups excluding carboxylic acids is 1. The molecule has 0 radical (unpaired) electrons. The van der Waals surface area contributed by atoms with Gasteiger partial charge in [0.25, 0.3) is 0 Å². The van der Waals surface area contributed by atoms with Crippen LogP contribution in [0.3, 0.4) is 0 Å². The van der Waals surface area contributed by atoms with Crippen LogP contribution in [0.1, 0.15) is 37.5 Å². The molecule has 4 nitrogen and oxygen atoms in total. The second-order valence-electron chi connectivity index (χ2n) is 6.96. The molecule has 1 N–H and O–H groups in total. The van der Waals surface area contributed by atoms with Crippen molar-refractivity contribution in [3.8, 4) is 5.75 Å². The van der Waals surface area contributed by atoms with Crippen molar-refractivity contribution >= 4 is 6.09 Å². The Morgan fingerprint density at radius 1 is 1.00 bits per heavy atom. The maximum absolute atomic E-state index is 13.2. The van der Waals surface area contributed by atoms with Gasteiger partial charge in [-0.05, 0) is 44.0 Å². The topological polar surface area (TPSA) is 47.6 Å². The zero-order valence-corrected chi connectivity index (χ0v) is 15.4. The Balaban J connectivity index is 2.12. The predicted molar refractivity (Wildman–Crippen MR) is 95.3 cm³/mol. The number of benzene rings is 2. The van der Waals surface area contributed by atoms with E-state index in [-0.39, 0.29) is 18.9 Å². The Kier molecular flexibility index (Phi) is 6.36. The average Bonchev–Trinajstić information content (AvgIpc) is 2.57. The first kappa shape index (κ1) is 20.6. The lowest BCUT2D eigenvalue weighted by atomic mass is 10.1. The van der Waals surface area contributed by atoms with E-state index in [4.69, 9.17) is 9.47 Å². The summed E-state index contributed by atoms with van der Waals surface area (Å²) in [6, 6.07) is 12.4. The molecule has 0 spiro atoms. The monoisotopic (exact) mass is 381 g/mol. The van der Waals surface area contributed by atoms with Gasteiger partial charge in [0, 0.05) is 6.54 Å². The van der Waals surface area contributed by atoms with Crippen molar-refractivity contribution < 1.29 is 27.4 Å². The first-order valence-corrected chi connectivity index (χ1v) is 8.38. The molecule has 0 unspecified atom stereocenters. The molecule has 2 rings (SSSR count). The highest BCUT2D eigenvalue weighted by molar-refractivity contribution is 5.67. The van der Waals surface area contributed by atoms with Crippen LogP contribution in [0, 0.1) is 0 Å². The highest BCUT2D eigenvalue weighted by Gasteiger charge is 2.34. The van der Waals surface area contributed by atoms with Gasteiger partial charge in [-0.1, -0.05) is 36.4 Å². The fourth-order valence-electron chi connectivity index (χ4n) is 2.25. The molecule has 7 heteroatoms. The fourth-order valence-corrected chi connectivity index (χ4v) is 2.25. The second kappa shape index (κ2) is 8.33. The molecule has 2 aromatic carbocycles. The Morgan fingerprint density at radius 2 is 1.67 bits per heavy atom. The number of ether oxygens (including phenoxy) is 2. The van der Waals surface area contributed by atoms with Crippen LogP contribution in [0.4, 0.5) is 18.0 Å². The van der Waals surface area contributed by atoms with E-state index in [0.29, 0.717) is 5.56 Å². The molecule has 1 amide bonds. The van der Waals surface area contributed by atoms with Gasteiger partial charge >= 0.3 is 12.3 Å². The highest BCUT2D eigenvalue weighted by atomic mass is 19.4. The van der Waals surface area contributed by atoms with Gasteiger partial charge in [0.1, 0.15) is 18.0 Å². The minimum atomic E-state index is -4.54. The zero-order chi connectivity index (χ0) is 20.1. The summed E-state index contributed by atoms with van der Waals surface area (Å²) in [6.45, 7) is 5.20. The molecule has 0 aromatic heterocycles. The van der Waals surface area contributed by atoms with Crippen molar-refractivity contribution in [3.05, 3.63) is 65.2 Å². The van der Waals surface area contributed by atoms with Gasteiger partial charge in [-0.15, -0.1) is 0 Å². The van der Waals surface area contributed by atoms with E-state index in [9.17, 15) is 18.0 Å². The van der Waals surface area contributed by atoms with Crippen LogP contribution in [-0.4, -0.2) is 11.7 Å². The Labute approximate surface area is 156 Å². The lowest BCUT2D eigenvalue weighted by Crippen LogP contribution is -2.32. The van der Waals surface area contributed by atoms with Crippen molar-refractivity contribution in [3.63, 3.8) is 0 Å². The summed E-state index contributed by atoms with van der Waals surface area (Å²) in [6.07, 6.45) is -5.18. The molecule has 2 aromatic rings. The summed E-state index contributed by atoms with van der Waals surface area (Å²) < 4.78 is 50.2. The van der Waals surface area contributed by atoms with Crippen LogP contribution in [0.25, 0.3) is 0 Å². The average molecular weight is 381 g/mol.